The van der Waals surface area contributed by atoms with Crippen molar-refractivity contribution >= 4 is 0 Å². The van der Waals surface area contributed by atoms with Crippen LogP contribution in [0.25, 0.3) is 0 Å². The second-order valence-corrected chi connectivity index (χ2v) is 3.32. The lowest BCUT2D eigenvalue weighted by Gasteiger charge is -2.38. The highest BCUT2D eigenvalue weighted by molar-refractivity contribution is 4.80. The molecule has 0 bridgehead atoms. The van der Waals surface area contributed by atoms with Crippen molar-refractivity contribution in [2.45, 2.75) is 45.3 Å². The van der Waals surface area contributed by atoms with E-state index in [1.807, 2.05) is 0 Å². The summed E-state index contributed by atoms with van der Waals surface area (Å²) in [5.41, 5.74) is 0.0203. The van der Waals surface area contributed by atoms with Crippen LogP contribution < -0.4 is 0 Å². The minimum absolute atomic E-state index is 0.0203. The molecule has 1 fully saturated rings. The van der Waals surface area contributed by atoms with Crippen molar-refractivity contribution in [2.75, 3.05) is 13.2 Å². The highest BCUT2D eigenvalue weighted by Crippen LogP contribution is 2.25. The number of rotatable bonds is 2. The zero-order valence-corrected chi connectivity index (χ0v) is 7.72. The van der Waals surface area contributed by atoms with Crippen LogP contribution in [0.5, 0.6) is 0 Å². The van der Waals surface area contributed by atoms with Gasteiger partial charge in [0, 0.05) is 0 Å². The largest absolute Gasteiger partial charge is 0.373 e. The molecular weight excluding hydrogens is 140 g/mol. The summed E-state index contributed by atoms with van der Waals surface area (Å²) >= 11 is 0. The molecule has 1 aliphatic heterocycles. The van der Waals surface area contributed by atoms with Crippen LogP contribution in [0.4, 0.5) is 0 Å². The molecule has 11 heavy (non-hydrogen) atoms. The van der Waals surface area contributed by atoms with Gasteiger partial charge in [0.15, 0.2) is 0 Å². The van der Waals surface area contributed by atoms with E-state index in [0.717, 1.165) is 26.1 Å². The topological polar surface area (TPSA) is 18.5 Å². The number of hydrogen-bond acceptors (Lipinski definition) is 2. The van der Waals surface area contributed by atoms with E-state index >= 15 is 0 Å². The van der Waals surface area contributed by atoms with Gasteiger partial charge in [0.1, 0.15) is 0 Å². The molecule has 0 aromatic rings. The fourth-order valence-electron chi connectivity index (χ4n) is 1.34. The molecular formula is C9H18O2. The molecule has 0 radical (unpaired) electrons. The smallest absolute Gasteiger partial charge is 0.0911 e. The first-order chi connectivity index (χ1) is 5.22. The lowest BCUT2D eigenvalue weighted by atomic mass is 9.97. The number of hydrogen-bond donors (Lipinski definition) is 0. The third-order valence-corrected chi connectivity index (χ3v) is 2.54. The Morgan fingerprint density at radius 2 is 2.00 bits per heavy atom. The zero-order chi connectivity index (χ0) is 8.32. The fourth-order valence-corrected chi connectivity index (χ4v) is 1.34. The summed E-state index contributed by atoms with van der Waals surface area (Å²) in [6.07, 6.45) is 2.38. The van der Waals surface area contributed by atoms with Gasteiger partial charge >= 0.3 is 0 Å². The van der Waals surface area contributed by atoms with Gasteiger partial charge in [-0.1, -0.05) is 13.8 Å². The van der Waals surface area contributed by atoms with Crippen molar-refractivity contribution in [2.24, 2.45) is 0 Å². The Morgan fingerprint density at radius 3 is 2.36 bits per heavy atom. The summed E-state index contributed by atoms with van der Waals surface area (Å²) < 4.78 is 11.3. The van der Waals surface area contributed by atoms with E-state index in [2.05, 4.69) is 20.8 Å². The summed E-state index contributed by atoms with van der Waals surface area (Å²) in [4.78, 5) is 0. The average molecular weight is 158 g/mol. The van der Waals surface area contributed by atoms with Crippen LogP contribution in [0.15, 0.2) is 0 Å². The molecule has 2 nitrogen and oxygen atoms in total. The van der Waals surface area contributed by atoms with Gasteiger partial charge in [-0.2, -0.15) is 0 Å². The summed E-state index contributed by atoms with van der Waals surface area (Å²) in [5, 5.41) is 0. The summed E-state index contributed by atoms with van der Waals surface area (Å²) in [7, 11) is 0. The van der Waals surface area contributed by atoms with E-state index in [1.54, 1.807) is 0 Å². The molecule has 0 aromatic heterocycles. The molecule has 0 spiro atoms. The van der Waals surface area contributed by atoms with E-state index in [0.29, 0.717) is 0 Å². The van der Waals surface area contributed by atoms with Crippen molar-refractivity contribution in [3.05, 3.63) is 0 Å². The van der Waals surface area contributed by atoms with Crippen LogP contribution in [-0.2, 0) is 9.47 Å². The van der Waals surface area contributed by atoms with Crippen LogP contribution in [-0.4, -0.2) is 24.9 Å². The zero-order valence-electron chi connectivity index (χ0n) is 7.72. The van der Waals surface area contributed by atoms with Gasteiger partial charge < -0.3 is 9.47 Å². The Balaban J connectivity index is 2.45. The molecule has 2 heteroatoms. The molecule has 1 saturated heterocycles. The van der Waals surface area contributed by atoms with Gasteiger partial charge in [-0.05, 0) is 19.8 Å². The Hall–Kier alpha value is -0.0800. The molecule has 1 atom stereocenters. The Kier molecular flexibility index (Phi) is 2.90. The maximum Gasteiger partial charge on any atom is 0.0911 e. The first kappa shape index (κ1) is 9.01. The Labute approximate surface area is 68.9 Å². The van der Waals surface area contributed by atoms with E-state index in [9.17, 15) is 0 Å². The normalized spacial score (nSPS) is 30.3. The molecule has 0 aliphatic carbocycles. The monoisotopic (exact) mass is 158 g/mol. The maximum absolute atomic E-state index is 5.75. The van der Waals surface area contributed by atoms with Crippen LogP contribution >= 0.6 is 0 Å². The lowest BCUT2D eigenvalue weighted by molar-refractivity contribution is -0.188. The van der Waals surface area contributed by atoms with E-state index in [4.69, 9.17) is 9.47 Å². The highest BCUT2D eigenvalue weighted by atomic mass is 16.6. The Morgan fingerprint density at radius 1 is 1.36 bits per heavy atom. The van der Waals surface area contributed by atoms with E-state index in [-0.39, 0.29) is 11.7 Å². The van der Waals surface area contributed by atoms with Crippen molar-refractivity contribution < 1.29 is 9.47 Å². The van der Waals surface area contributed by atoms with Crippen LogP contribution in [0.3, 0.4) is 0 Å². The third kappa shape index (κ3) is 1.94. The lowest BCUT2D eigenvalue weighted by Crippen LogP contribution is -2.45. The summed E-state index contributed by atoms with van der Waals surface area (Å²) in [6.45, 7) is 7.88. The first-order valence-corrected chi connectivity index (χ1v) is 4.48. The van der Waals surface area contributed by atoms with Gasteiger partial charge in [0.05, 0.1) is 24.9 Å². The average Bonchev–Trinajstić information content (AvgIpc) is 2.07. The molecule has 0 saturated carbocycles. The van der Waals surface area contributed by atoms with Crippen molar-refractivity contribution in [3.63, 3.8) is 0 Å². The van der Waals surface area contributed by atoms with Gasteiger partial charge in [-0.25, -0.2) is 0 Å². The SMILES string of the molecule is CCC1(CC)COC(C)CO1. The van der Waals surface area contributed by atoms with Crippen LogP contribution in [0.1, 0.15) is 33.6 Å². The van der Waals surface area contributed by atoms with Gasteiger partial charge in [-0.3, -0.25) is 0 Å². The standard InChI is InChI=1S/C9H18O2/c1-4-9(5-2)7-10-8(3)6-11-9/h8H,4-7H2,1-3H3. The van der Waals surface area contributed by atoms with Crippen molar-refractivity contribution in [3.8, 4) is 0 Å². The summed E-state index contributed by atoms with van der Waals surface area (Å²) in [5.74, 6) is 0. The predicted octanol–water partition coefficient (Wildman–Crippen LogP) is 1.98. The van der Waals surface area contributed by atoms with Crippen molar-refractivity contribution in [1.29, 1.82) is 0 Å². The molecule has 66 valence electrons. The quantitative estimate of drug-likeness (QED) is 0.611. The molecule has 1 heterocycles. The minimum Gasteiger partial charge on any atom is -0.373 e. The van der Waals surface area contributed by atoms with Gasteiger partial charge in [-0.15, -0.1) is 0 Å². The number of ether oxygens (including phenoxy) is 2. The van der Waals surface area contributed by atoms with E-state index < -0.39 is 0 Å². The van der Waals surface area contributed by atoms with Gasteiger partial charge in [0.25, 0.3) is 0 Å². The first-order valence-electron chi connectivity index (χ1n) is 4.48. The van der Waals surface area contributed by atoms with Crippen LogP contribution in [0.2, 0.25) is 0 Å². The highest BCUT2D eigenvalue weighted by Gasteiger charge is 2.32. The van der Waals surface area contributed by atoms with Crippen LogP contribution in [0, 0.1) is 0 Å². The maximum atomic E-state index is 5.75. The summed E-state index contributed by atoms with van der Waals surface area (Å²) in [6, 6.07) is 0. The van der Waals surface area contributed by atoms with Gasteiger partial charge in [0.2, 0.25) is 0 Å². The molecule has 1 aliphatic rings. The second kappa shape index (κ2) is 3.55. The van der Waals surface area contributed by atoms with E-state index in [1.165, 1.54) is 0 Å². The third-order valence-electron chi connectivity index (χ3n) is 2.54. The fraction of sp³-hybridized carbons (Fsp3) is 1.00. The molecule has 0 aromatic carbocycles. The second-order valence-electron chi connectivity index (χ2n) is 3.32. The molecule has 1 unspecified atom stereocenters. The molecule has 0 N–H and O–H groups in total. The Bertz CT molecular complexity index is 109. The minimum atomic E-state index is 0.0203. The predicted molar refractivity (Wildman–Crippen MR) is 44.7 cm³/mol. The molecule has 1 rings (SSSR count). The van der Waals surface area contributed by atoms with Crippen molar-refractivity contribution in [1.82, 2.24) is 0 Å². The molecule has 0 amide bonds.